The molecule has 0 aliphatic heterocycles. The fourth-order valence-electron chi connectivity index (χ4n) is 4.92. The second-order valence-corrected chi connectivity index (χ2v) is 12.4. The molecule has 1 aromatic carbocycles. The molecule has 0 saturated heterocycles. The van der Waals surface area contributed by atoms with Crippen LogP contribution in [0.5, 0.6) is 0 Å². The fourth-order valence-corrected chi connectivity index (χ4v) is 4.92. The number of nitrogens with zero attached hydrogens (tertiary/aromatic N) is 3. The summed E-state index contributed by atoms with van der Waals surface area (Å²) in [5.74, 6) is -6.80. The van der Waals surface area contributed by atoms with Gasteiger partial charge < -0.3 is 65.3 Å². The molecule has 2 aromatic heterocycles. The third-order valence-electron chi connectivity index (χ3n) is 7.93. The number of H-pyrrole nitrogens is 1. The summed E-state index contributed by atoms with van der Waals surface area (Å²) in [6.45, 7) is -1.48. The lowest BCUT2D eigenvalue weighted by atomic mass is 10.1. The first-order valence-corrected chi connectivity index (χ1v) is 17.6. The van der Waals surface area contributed by atoms with E-state index >= 15 is 0 Å². The number of nitrogens with one attached hydrogen (secondary N) is 8. The van der Waals surface area contributed by atoms with Gasteiger partial charge in [0.1, 0.15) is 18.1 Å². The third kappa shape index (κ3) is 14.8. The number of amides is 7. The second-order valence-electron chi connectivity index (χ2n) is 12.4. The highest BCUT2D eigenvalue weighted by Crippen LogP contribution is 2.12. The topological polar surface area (TPSA) is 417 Å². The molecule has 25 heteroatoms. The van der Waals surface area contributed by atoms with E-state index in [0.29, 0.717) is 11.4 Å². The number of anilines is 2. The molecule has 25 nitrogen and oxygen atoms in total. The summed E-state index contributed by atoms with van der Waals surface area (Å²) in [6, 6.07) is 2.36. The molecule has 0 aliphatic carbocycles. The van der Waals surface area contributed by atoms with E-state index in [2.05, 4.69) is 57.2 Å². The molecule has 17 N–H and O–H groups in total. The molecular formula is C33H45N15O10. The maximum absolute atomic E-state index is 12.8. The summed E-state index contributed by atoms with van der Waals surface area (Å²) < 4.78 is 0. The molecule has 0 unspecified atom stereocenters. The number of hydrogen-bond acceptors (Lipinski definition) is 16. The number of aliphatic carboxylic acids is 1. The Morgan fingerprint density at radius 3 is 1.95 bits per heavy atom. The van der Waals surface area contributed by atoms with Gasteiger partial charge in [0.2, 0.25) is 41.4 Å². The van der Waals surface area contributed by atoms with Crippen LogP contribution in [0.15, 0.2) is 35.3 Å². The van der Waals surface area contributed by atoms with Crippen molar-refractivity contribution in [2.45, 2.75) is 50.4 Å². The molecule has 2 heterocycles. The van der Waals surface area contributed by atoms with Crippen LogP contribution in [0.4, 0.5) is 11.6 Å². The van der Waals surface area contributed by atoms with Crippen molar-refractivity contribution < 1.29 is 43.5 Å². The van der Waals surface area contributed by atoms with Crippen LogP contribution >= 0.6 is 0 Å². The summed E-state index contributed by atoms with van der Waals surface area (Å²) in [4.78, 5) is 124. The molecule has 0 saturated carbocycles. The summed E-state index contributed by atoms with van der Waals surface area (Å²) in [5, 5.41) is 26.5. The number of carbonyl (C=O) groups excluding carboxylic acids is 7. The van der Waals surface area contributed by atoms with Crippen LogP contribution in [-0.2, 0) is 40.1 Å². The first-order chi connectivity index (χ1) is 27.6. The molecule has 3 aromatic rings. The van der Waals surface area contributed by atoms with Crippen molar-refractivity contribution in [1.29, 1.82) is 0 Å². The van der Waals surface area contributed by atoms with Crippen LogP contribution in [0.2, 0.25) is 0 Å². The third-order valence-corrected chi connectivity index (χ3v) is 7.93. The van der Waals surface area contributed by atoms with Gasteiger partial charge >= 0.3 is 5.97 Å². The molecule has 0 radical (unpaired) electrons. The van der Waals surface area contributed by atoms with Crippen molar-refractivity contribution >= 4 is 70.1 Å². The molecule has 0 aliphatic rings. The number of fused-ring (bicyclic) bond motifs is 1. The Morgan fingerprint density at radius 1 is 0.741 bits per heavy atom. The number of carboxylic acids is 1. The Hall–Kier alpha value is -7.28. The van der Waals surface area contributed by atoms with Gasteiger partial charge in [0.25, 0.3) is 11.5 Å². The Kier molecular flexibility index (Phi) is 17.4. The Bertz CT molecular complexity index is 2040. The van der Waals surface area contributed by atoms with E-state index in [4.69, 9.17) is 22.9 Å². The van der Waals surface area contributed by atoms with Crippen LogP contribution in [-0.4, -0.2) is 123 Å². The van der Waals surface area contributed by atoms with Crippen molar-refractivity contribution in [3.05, 3.63) is 52.1 Å². The van der Waals surface area contributed by atoms with Crippen LogP contribution in [0.1, 0.15) is 41.7 Å². The number of nitrogen functional groups attached to an aromatic ring is 1. The number of aromatic nitrogens is 4. The fraction of sp³-hybridized carbons (Fsp3) is 0.394. The quantitative estimate of drug-likeness (QED) is 0.0424. The van der Waals surface area contributed by atoms with Crippen LogP contribution in [0, 0.1) is 0 Å². The van der Waals surface area contributed by atoms with Gasteiger partial charge in [-0.2, -0.15) is 4.98 Å². The minimum absolute atomic E-state index is 0.00607. The van der Waals surface area contributed by atoms with E-state index < -0.39 is 90.6 Å². The van der Waals surface area contributed by atoms with Gasteiger partial charge in [-0.3, -0.25) is 43.3 Å². The van der Waals surface area contributed by atoms with E-state index in [-0.39, 0.29) is 68.0 Å². The molecule has 7 amide bonds. The SMILES string of the molecule is NCC[C@H](NC(=O)[C@H](CCN)NC(=O)CNC(=O)CNC(=O)CNC(=O)CC[C@H](NC(=O)c1ccc(NCc2cnc3nc(N)[nH]c(=O)c3n2)cc1)C(=O)O)C(N)=O. The van der Waals surface area contributed by atoms with Gasteiger partial charge in [-0.1, -0.05) is 0 Å². The van der Waals surface area contributed by atoms with Crippen LogP contribution < -0.4 is 65.7 Å². The van der Waals surface area contributed by atoms with Gasteiger partial charge in [-0.25, -0.2) is 14.8 Å². The van der Waals surface area contributed by atoms with Crippen molar-refractivity contribution in [3.63, 3.8) is 0 Å². The minimum Gasteiger partial charge on any atom is -0.480 e. The highest BCUT2D eigenvalue weighted by Gasteiger charge is 2.25. The summed E-state index contributed by atoms with van der Waals surface area (Å²) in [7, 11) is 0. The molecule has 3 rings (SSSR count). The van der Waals surface area contributed by atoms with Crippen molar-refractivity contribution in [1.82, 2.24) is 51.8 Å². The van der Waals surface area contributed by atoms with Gasteiger partial charge in [-0.05, 0) is 56.6 Å². The van der Waals surface area contributed by atoms with Crippen molar-refractivity contribution in [2.75, 3.05) is 43.8 Å². The molecule has 58 heavy (non-hydrogen) atoms. The van der Waals surface area contributed by atoms with Gasteiger partial charge in [-0.15, -0.1) is 0 Å². The largest absolute Gasteiger partial charge is 0.480 e. The normalized spacial score (nSPS) is 12.2. The first-order valence-electron chi connectivity index (χ1n) is 17.6. The number of primary amides is 1. The lowest BCUT2D eigenvalue weighted by molar-refractivity contribution is -0.139. The zero-order valence-electron chi connectivity index (χ0n) is 31.0. The number of carbonyl (C=O) groups is 8. The van der Waals surface area contributed by atoms with Crippen LogP contribution in [0.25, 0.3) is 11.2 Å². The average molecular weight is 812 g/mol. The molecule has 0 bridgehead atoms. The van der Waals surface area contributed by atoms with Crippen molar-refractivity contribution in [2.24, 2.45) is 17.2 Å². The number of aromatic amines is 1. The van der Waals surface area contributed by atoms with E-state index in [1.807, 2.05) is 0 Å². The second kappa shape index (κ2) is 22.3. The zero-order chi connectivity index (χ0) is 42.8. The Labute approximate surface area is 328 Å². The zero-order valence-corrected chi connectivity index (χ0v) is 31.0. The molecule has 3 atom stereocenters. The lowest BCUT2D eigenvalue weighted by Gasteiger charge is -2.21. The molecule has 0 spiro atoms. The number of benzene rings is 1. The maximum Gasteiger partial charge on any atom is 0.326 e. The van der Waals surface area contributed by atoms with Crippen LogP contribution in [0.3, 0.4) is 0 Å². The number of rotatable bonds is 23. The summed E-state index contributed by atoms with van der Waals surface area (Å²) in [5.41, 5.74) is 22.4. The highest BCUT2D eigenvalue weighted by atomic mass is 16.4. The number of nitrogens with two attached hydrogens (primary N) is 4. The van der Waals surface area contributed by atoms with E-state index in [9.17, 15) is 48.3 Å². The molecular weight excluding hydrogens is 766 g/mol. The lowest BCUT2D eigenvalue weighted by Crippen LogP contribution is -2.55. The monoisotopic (exact) mass is 811 g/mol. The predicted molar refractivity (Wildman–Crippen MR) is 204 cm³/mol. The van der Waals surface area contributed by atoms with Gasteiger partial charge in [0, 0.05) is 17.7 Å². The predicted octanol–water partition coefficient (Wildman–Crippen LogP) is -5.63. The van der Waals surface area contributed by atoms with E-state index in [0.717, 1.165) is 0 Å². The summed E-state index contributed by atoms with van der Waals surface area (Å²) >= 11 is 0. The highest BCUT2D eigenvalue weighted by molar-refractivity contribution is 5.97. The smallest absolute Gasteiger partial charge is 0.326 e. The summed E-state index contributed by atoms with van der Waals surface area (Å²) in [6.07, 6.45) is 0.810. The van der Waals surface area contributed by atoms with Gasteiger partial charge in [0.15, 0.2) is 11.2 Å². The first kappa shape index (κ1) is 45.1. The average Bonchev–Trinajstić information content (AvgIpc) is 3.18. The van der Waals surface area contributed by atoms with Gasteiger partial charge in [0.05, 0.1) is 38.1 Å². The van der Waals surface area contributed by atoms with E-state index in [1.165, 1.54) is 18.3 Å². The Balaban J connectivity index is 1.36. The number of hydrogen-bond donors (Lipinski definition) is 13. The molecule has 0 fully saturated rings. The molecule has 312 valence electrons. The van der Waals surface area contributed by atoms with E-state index in [1.54, 1.807) is 12.1 Å². The Morgan fingerprint density at radius 2 is 1.34 bits per heavy atom. The number of carboxylic acid groups (broad SMARTS) is 1. The standard InChI is InChI=1S/C33H45N15O10/c34-9-7-19(27(36)53)45-30(55)20(8-10-35)44-25(52)15-41-24(51)14-40-23(50)13-39-22(49)6-5-21(32(57)58)46-29(54)16-1-3-17(4-2-16)38-11-18-12-42-28-26(43-18)31(56)48-33(37)47-28/h1-4,12,19-21,38H,5-11,13-15,34-35H2,(H2,36,53)(H,39,49)(H,40,50)(H,41,51)(H,44,52)(H,45,55)(H,46,54)(H,57,58)(H3,37,42,47,48,56)/t19-,20-,21-/m0/s1. The minimum atomic E-state index is -1.45. The van der Waals surface area contributed by atoms with Crippen molar-refractivity contribution in [3.8, 4) is 0 Å². The maximum atomic E-state index is 12.8.